The van der Waals surface area contributed by atoms with Crippen molar-refractivity contribution in [2.75, 3.05) is 40.3 Å². The van der Waals surface area contributed by atoms with Gasteiger partial charge in [0.15, 0.2) is 0 Å². The van der Waals surface area contributed by atoms with Crippen LogP contribution in [0, 0.1) is 0 Å². The molecule has 0 N–H and O–H groups in total. The Bertz CT molecular complexity index is 542. The molecule has 1 atom stereocenters. The fourth-order valence-electron chi connectivity index (χ4n) is 2.74. The molecular weight excluding hydrogens is 363 g/mol. The van der Waals surface area contributed by atoms with E-state index < -0.39 is 36.4 Å². The van der Waals surface area contributed by atoms with Gasteiger partial charge in [-0.25, -0.2) is 4.79 Å². The number of hydrogen-bond donors (Lipinski definition) is 0. The summed E-state index contributed by atoms with van der Waals surface area (Å²) in [6.45, 7) is 4.70. The zero-order valence-corrected chi connectivity index (χ0v) is 16.7. The molecule has 1 heterocycles. The summed E-state index contributed by atoms with van der Waals surface area (Å²) in [5.41, 5.74) is -0.694. The third-order valence-electron chi connectivity index (χ3n) is 3.85. The van der Waals surface area contributed by atoms with Crippen molar-refractivity contribution in [2.45, 2.75) is 51.4 Å². The van der Waals surface area contributed by atoms with Gasteiger partial charge in [-0.1, -0.05) is 6.08 Å². The Hall–Kier alpha value is -1.77. The second-order valence-electron chi connectivity index (χ2n) is 7.97. The topological polar surface area (TPSA) is 53.1 Å². The Balaban J connectivity index is 2.89. The molecular formula is C18H30F3N3O3. The van der Waals surface area contributed by atoms with Gasteiger partial charge in [0, 0.05) is 25.7 Å². The van der Waals surface area contributed by atoms with Gasteiger partial charge >= 0.3 is 12.3 Å². The minimum atomic E-state index is -4.51. The molecule has 2 amide bonds. The van der Waals surface area contributed by atoms with Crippen LogP contribution in [0.15, 0.2) is 12.2 Å². The van der Waals surface area contributed by atoms with Gasteiger partial charge in [0.1, 0.15) is 12.1 Å². The van der Waals surface area contributed by atoms with Crippen LogP contribution in [0.1, 0.15) is 33.6 Å². The minimum absolute atomic E-state index is 0.0260. The third-order valence-corrected chi connectivity index (χ3v) is 3.85. The molecule has 1 saturated heterocycles. The first-order chi connectivity index (χ1) is 12.3. The Labute approximate surface area is 158 Å². The Morgan fingerprint density at radius 3 is 2.37 bits per heavy atom. The molecule has 1 aliphatic heterocycles. The van der Waals surface area contributed by atoms with Crippen molar-refractivity contribution in [3.8, 4) is 0 Å². The van der Waals surface area contributed by atoms with Crippen LogP contribution in [0.2, 0.25) is 0 Å². The van der Waals surface area contributed by atoms with Gasteiger partial charge in [-0.05, 0) is 47.7 Å². The summed E-state index contributed by atoms with van der Waals surface area (Å²) in [6.07, 6.45) is -1.48. The van der Waals surface area contributed by atoms with Crippen molar-refractivity contribution in [2.24, 2.45) is 0 Å². The minimum Gasteiger partial charge on any atom is -0.444 e. The van der Waals surface area contributed by atoms with Crippen LogP contribution < -0.4 is 0 Å². The predicted octanol–water partition coefficient (Wildman–Crippen LogP) is 2.89. The van der Waals surface area contributed by atoms with E-state index in [1.54, 1.807) is 39.8 Å². The molecule has 0 aromatic carbocycles. The third kappa shape index (κ3) is 9.12. The number of piperidine rings is 1. The molecule has 156 valence electrons. The maximum absolute atomic E-state index is 13.0. The molecule has 1 rings (SSSR count). The van der Waals surface area contributed by atoms with Crippen LogP contribution in [0.3, 0.4) is 0 Å². The summed E-state index contributed by atoms with van der Waals surface area (Å²) in [4.78, 5) is 28.6. The highest BCUT2D eigenvalue weighted by atomic mass is 19.4. The first-order valence-corrected chi connectivity index (χ1v) is 8.95. The van der Waals surface area contributed by atoms with E-state index in [0.717, 1.165) is 11.0 Å². The maximum atomic E-state index is 13.0. The van der Waals surface area contributed by atoms with Crippen molar-refractivity contribution in [1.82, 2.24) is 14.7 Å². The Morgan fingerprint density at radius 1 is 1.22 bits per heavy atom. The van der Waals surface area contributed by atoms with Gasteiger partial charge in [0.2, 0.25) is 5.91 Å². The summed E-state index contributed by atoms with van der Waals surface area (Å²) in [5, 5.41) is 0. The van der Waals surface area contributed by atoms with E-state index in [1.165, 1.54) is 11.0 Å². The van der Waals surface area contributed by atoms with Crippen LogP contribution in [-0.4, -0.2) is 84.8 Å². The molecule has 27 heavy (non-hydrogen) atoms. The number of carbonyl (C=O) groups is 2. The van der Waals surface area contributed by atoms with Gasteiger partial charge in [0.05, 0.1) is 6.04 Å². The Morgan fingerprint density at radius 2 is 1.85 bits per heavy atom. The number of carbonyl (C=O) groups excluding carboxylic acids is 2. The van der Waals surface area contributed by atoms with E-state index in [4.69, 9.17) is 4.74 Å². The number of amides is 2. The second-order valence-corrected chi connectivity index (χ2v) is 7.97. The summed E-state index contributed by atoms with van der Waals surface area (Å²) in [7, 11) is 3.59. The monoisotopic (exact) mass is 393 g/mol. The summed E-state index contributed by atoms with van der Waals surface area (Å²) >= 11 is 0. The van der Waals surface area contributed by atoms with Crippen molar-refractivity contribution in [3.63, 3.8) is 0 Å². The number of ether oxygens (including phenoxy) is 1. The quantitative estimate of drug-likeness (QED) is 0.674. The van der Waals surface area contributed by atoms with E-state index in [-0.39, 0.29) is 6.54 Å². The summed E-state index contributed by atoms with van der Waals surface area (Å²) in [5.74, 6) is -0.704. The van der Waals surface area contributed by atoms with Crippen LogP contribution in [0.5, 0.6) is 0 Å². The average molecular weight is 393 g/mol. The molecule has 0 aromatic rings. The van der Waals surface area contributed by atoms with Gasteiger partial charge in [-0.2, -0.15) is 13.2 Å². The number of rotatable bonds is 5. The Kier molecular flexibility index (Phi) is 8.13. The lowest BCUT2D eigenvalue weighted by Gasteiger charge is -2.39. The van der Waals surface area contributed by atoms with Gasteiger partial charge in [0.25, 0.3) is 0 Å². The SMILES string of the molecule is CN(C)C/C=C/C(=O)N(CC(F)(F)F)C1CCCN(C(=O)OC(C)(C)C)C1. The smallest absolute Gasteiger partial charge is 0.410 e. The van der Waals surface area contributed by atoms with Crippen molar-refractivity contribution >= 4 is 12.0 Å². The molecule has 6 nitrogen and oxygen atoms in total. The molecule has 0 radical (unpaired) electrons. The number of likely N-dealkylation sites (tertiary alicyclic amines) is 1. The number of halogens is 3. The second kappa shape index (κ2) is 9.43. The van der Waals surface area contributed by atoms with Crippen LogP contribution >= 0.6 is 0 Å². The fourth-order valence-corrected chi connectivity index (χ4v) is 2.74. The van der Waals surface area contributed by atoms with Gasteiger partial charge in [-0.15, -0.1) is 0 Å². The normalized spacial score (nSPS) is 18.9. The fraction of sp³-hybridized carbons (Fsp3) is 0.778. The summed E-state index contributed by atoms with van der Waals surface area (Å²) < 4.78 is 44.4. The number of likely N-dealkylation sites (N-methyl/N-ethyl adjacent to an activating group) is 1. The van der Waals surface area contributed by atoms with E-state index in [0.29, 0.717) is 25.9 Å². The van der Waals surface area contributed by atoms with Gasteiger partial charge in [-0.3, -0.25) is 4.79 Å². The molecule has 1 unspecified atom stereocenters. The standard InChI is InChI=1S/C18H30F3N3O3/c1-17(2,3)27-16(26)23-11-6-8-14(12-23)24(13-18(19,20)21)15(25)9-7-10-22(4)5/h7,9,14H,6,8,10-13H2,1-5H3/b9-7+. The van der Waals surface area contributed by atoms with E-state index in [2.05, 4.69) is 0 Å². The molecule has 0 bridgehead atoms. The highest BCUT2D eigenvalue weighted by Gasteiger charge is 2.38. The van der Waals surface area contributed by atoms with Gasteiger partial charge < -0.3 is 19.4 Å². The lowest BCUT2D eigenvalue weighted by atomic mass is 10.0. The highest BCUT2D eigenvalue weighted by Crippen LogP contribution is 2.24. The molecule has 1 fully saturated rings. The van der Waals surface area contributed by atoms with Crippen molar-refractivity contribution in [3.05, 3.63) is 12.2 Å². The largest absolute Gasteiger partial charge is 0.444 e. The number of alkyl halides is 3. The van der Waals surface area contributed by atoms with E-state index >= 15 is 0 Å². The molecule has 0 aliphatic carbocycles. The molecule has 0 aromatic heterocycles. The van der Waals surface area contributed by atoms with Crippen molar-refractivity contribution < 1.29 is 27.5 Å². The van der Waals surface area contributed by atoms with Crippen molar-refractivity contribution in [1.29, 1.82) is 0 Å². The number of nitrogens with zero attached hydrogens (tertiary/aromatic N) is 3. The first-order valence-electron chi connectivity index (χ1n) is 8.95. The average Bonchev–Trinajstić information content (AvgIpc) is 2.49. The maximum Gasteiger partial charge on any atom is 0.410 e. The zero-order valence-electron chi connectivity index (χ0n) is 16.7. The lowest BCUT2D eigenvalue weighted by molar-refractivity contribution is -0.164. The van der Waals surface area contributed by atoms with Crippen LogP contribution in [0.25, 0.3) is 0 Å². The molecule has 0 spiro atoms. The van der Waals surface area contributed by atoms with E-state index in [1.807, 2.05) is 0 Å². The number of hydrogen-bond acceptors (Lipinski definition) is 4. The molecule has 1 aliphatic rings. The highest BCUT2D eigenvalue weighted by molar-refractivity contribution is 5.88. The van der Waals surface area contributed by atoms with Crippen LogP contribution in [-0.2, 0) is 9.53 Å². The zero-order chi connectivity index (χ0) is 20.8. The first kappa shape index (κ1) is 23.3. The lowest BCUT2D eigenvalue weighted by Crippen LogP contribution is -2.54. The van der Waals surface area contributed by atoms with E-state index in [9.17, 15) is 22.8 Å². The van der Waals surface area contributed by atoms with Crippen LogP contribution in [0.4, 0.5) is 18.0 Å². The predicted molar refractivity (Wildman–Crippen MR) is 96.3 cm³/mol. The molecule has 0 saturated carbocycles. The summed E-state index contributed by atoms with van der Waals surface area (Å²) in [6, 6.07) is -0.704. The molecule has 9 heteroatoms.